The van der Waals surface area contributed by atoms with E-state index in [1.165, 1.54) is 24.3 Å². The molecule has 0 radical (unpaired) electrons. The number of benzene rings is 3. The number of carbonyl (C=O) groups excluding carboxylic acids is 1. The SMILES string of the molecule is O=C(CN(c1ccccc1)S(=O)(=O)c1ccc(Cl)cc1)NCc1ccc2c(c1)OCO2. The van der Waals surface area contributed by atoms with E-state index in [1.54, 1.807) is 42.5 Å². The Kier molecular flexibility index (Phi) is 6.01. The molecule has 3 aromatic carbocycles. The highest BCUT2D eigenvalue weighted by atomic mass is 35.5. The molecule has 0 aromatic heterocycles. The number of amides is 1. The zero-order chi connectivity index (χ0) is 21.8. The summed E-state index contributed by atoms with van der Waals surface area (Å²) < 4.78 is 38.2. The molecule has 160 valence electrons. The van der Waals surface area contributed by atoms with Crippen LogP contribution in [-0.2, 0) is 21.4 Å². The largest absolute Gasteiger partial charge is 0.454 e. The lowest BCUT2D eigenvalue weighted by Crippen LogP contribution is -2.40. The number of ether oxygens (including phenoxy) is 2. The van der Waals surface area contributed by atoms with Crippen molar-refractivity contribution >= 4 is 33.2 Å². The summed E-state index contributed by atoms with van der Waals surface area (Å²) >= 11 is 5.89. The van der Waals surface area contributed by atoms with Gasteiger partial charge in [-0.2, -0.15) is 0 Å². The van der Waals surface area contributed by atoms with Crippen LogP contribution in [0.25, 0.3) is 0 Å². The number of sulfonamides is 1. The van der Waals surface area contributed by atoms with Crippen molar-refractivity contribution in [3.63, 3.8) is 0 Å². The fourth-order valence-electron chi connectivity index (χ4n) is 3.08. The van der Waals surface area contributed by atoms with Gasteiger partial charge in [-0.3, -0.25) is 9.10 Å². The molecule has 0 saturated heterocycles. The van der Waals surface area contributed by atoms with Crippen molar-refractivity contribution in [2.75, 3.05) is 17.6 Å². The molecule has 0 bridgehead atoms. The Bertz CT molecular complexity index is 1180. The maximum absolute atomic E-state index is 13.3. The topological polar surface area (TPSA) is 84.9 Å². The van der Waals surface area contributed by atoms with Crippen molar-refractivity contribution in [2.45, 2.75) is 11.4 Å². The molecule has 0 saturated carbocycles. The predicted octanol–water partition coefficient (Wildman–Crippen LogP) is 3.58. The van der Waals surface area contributed by atoms with Crippen LogP contribution >= 0.6 is 11.6 Å². The zero-order valence-corrected chi connectivity index (χ0v) is 17.9. The van der Waals surface area contributed by atoms with Gasteiger partial charge in [0.05, 0.1) is 10.6 Å². The van der Waals surface area contributed by atoms with Crippen LogP contribution in [0.5, 0.6) is 11.5 Å². The van der Waals surface area contributed by atoms with Crippen molar-refractivity contribution < 1.29 is 22.7 Å². The Balaban J connectivity index is 1.52. The van der Waals surface area contributed by atoms with Crippen LogP contribution in [0.3, 0.4) is 0 Å². The molecule has 4 rings (SSSR count). The van der Waals surface area contributed by atoms with Gasteiger partial charge < -0.3 is 14.8 Å². The molecule has 3 aromatic rings. The second kappa shape index (κ2) is 8.87. The number of halogens is 1. The van der Waals surface area contributed by atoms with Gasteiger partial charge in [-0.15, -0.1) is 0 Å². The normalized spacial score (nSPS) is 12.4. The van der Waals surface area contributed by atoms with E-state index in [2.05, 4.69) is 5.32 Å². The lowest BCUT2D eigenvalue weighted by Gasteiger charge is -2.24. The van der Waals surface area contributed by atoms with Crippen LogP contribution in [0, 0.1) is 0 Å². The molecule has 0 fully saturated rings. The van der Waals surface area contributed by atoms with E-state index in [-0.39, 0.29) is 24.8 Å². The van der Waals surface area contributed by atoms with Gasteiger partial charge in [-0.05, 0) is 54.1 Å². The molecular formula is C22H19ClN2O5S. The van der Waals surface area contributed by atoms with Crippen LogP contribution < -0.4 is 19.1 Å². The van der Waals surface area contributed by atoms with Crippen molar-refractivity contribution in [3.05, 3.63) is 83.4 Å². The summed E-state index contributed by atoms with van der Waals surface area (Å²) in [5.41, 5.74) is 1.19. The lowest BCUT2D eigenvalue weighted by molar-refractivity contribution is -0.119. The van der Waals surface area contributed by atoms with E-state index in [4.69, 9.17) is 21.1 Å². The fraction of sp³-hybridized carbons (Fsp3) is 0.136. The van der Waals surface area contributed by atoms with E-state index >= 15 is 0 Å². The standard InChI is InChI=1S/C22H19ClN2O5S/c23-17-7-9-19(10-8-17)31(27,28)25(18-4-2-1-3-5-18)14-22(26)24-13-16-6-11-20-21(12-16)30-15-29-20/h1-12H,13-15H2,(H,24,26). The summed E-state index contributed by atoms with van der Waals surface area (Å²) in [5.74, 6) is 0.821. The molecule has 0 unspecified atom stereocenters. The fourth-order valence-corrected chi connectivity index (χ4v) is 4.63. The molecule has 1 heterocycles. The number of hydrogen-bond donors (Lipinski definition) is 1. The van der Waals surface area contributed by atoms with Crippen LogP contribution in [0.1, 0.15) is 5.56 Å². The highest BCUT2D eigenvalue weighted by molar-refractivity contribution is 7.92. The second-order valence-corrected chi connectivity index (χ2v) is 9.06. The smallest absolute Gasteiger partial charge is 0.264 e. The molecule has 31 heavy (non-hydrogen) atoms. The Morgan fingerprint density at radius 2 is 1.68 bits per heavy atom. The van der Waals surface area contributed by atoms with Gasteiger partial charge in [0, 0.05) is 11.6 Å². The molecule has 0 atom stereocenters. The zero-order valence-electron chi connectivity index (χ0n) is 16.3. The van der Waals surface area contributed by atoms with Gasteiger partial charge >= 0.3 is 0 Å². The quantitative estimate of drug-likeness (QED) is 0.585. The Morgan fingerprint density at radius 3 is 2.42 bits per heavy atom. The minimum atomic E-state index is -3.98. The van der Waals surface area contributed by atoms with Crippen molar-refractivity contribution in [1.29, 1.82) is 0 Å². The predicted molar refractivity (Wildman–Crippen MR) is 117 cm³/mol. The van der Waals surface area contributed by atoms with Gasteiger partial charge in [0.15, 0.2) is 11.5 Å². The number of anilines is 1. The van der Waals surface area contributed by atoms with E-state index in [0.29, 0.717) is 22.2 Å². The first-order valence-electron chi connectivity index (χ1n) is 9.42. The summed E-state index contributed by atoms with van der Waals surface area (Å²) in [5, 5.41) is 3.18. The number of fused-ring (bicyclic) bond motifs is 1. The monoisotopic (exact) mass is 458 g/mol. The van der Waals surface area contributed by atoms with E-state index < -0.39 is 15.9 Å². The molecule has 0 aliphatic carbocycles. The Morgan fingerprint density at radius 1 is 0.968 bits per heavy atom. The molecule has 1 N–H and O–H groups in total. The van der Waals surface area contributed by atoms with Crippen LogP contribution in [0.2, 0.25) is 5.02 Å². The number of hydrogen-bond acceptors (Lipinski definition) is 5. The number of nitrogens with zero attached hydrogens (tertiary/aromatic N) is 1. The average molecular weight is 459 g/mol. The highest BCUT2D eigenvalue weighted by Gasteiger charge is 2.27. The summed E-state index contributed by atoms with van der Waals surface area (Å²) in [7, 11) is -3.98. The highest BCUT2D eigenvalue weighted by Crippen LogP contribution is 2.32. The summed E-state index contributed by atoms with van der Waals surface area (Å²) in [6.07, 6.45) is 0. The van der Waals surface area contributed by atoms with Gasteiger partial charge in [-0.1, -0.05) is 35.9 Å². The van der Waals surface area contributed by atoms with Crippen LogP contribution in [0.4, 0.5) is 5.69 Å². The van der Waals surface area contributed by atoms with Gasteiger partial charge in [-0.25, -0.2) is 8.42 Å². The number of para-hydroxylation sites is 1. The number of rotatable bonds is 7. The third-order valence-electron chi connectivity index (χ3n) is 4.66. The molecule has 1 aliphatic rings. The number of nitrogens with one attached hydrogen (secondary N) is 1. The van der Waals surface area contributed by atoms with Crippen LogP contribution in [0.15, 0.2) is 77.7 Å². The first-order valence-corrected chi connectivity index (χ1v) is 11.2. The molecule has 1 aliphatic heterocycles. The Hall–Kier alpha value is -3.23. The molecule has 0 spiro atoms. The molecule has 1 amide bonds. The minimum absolute atomic E-state index is 0.0457. The first kappa shape index (κ1) is 21.0. The molecular weight excluding hydrogens is 440 g/mol. The van der Waals surface area contributed by atoms with Gasteiger partial charge in [0.1, 0.15) is 6.54 Å². The third-order valence-corrected chi connectivity index (χ3v) is 6.70. The molecule has 9 heteroatoms. The van der Waals surface area contributed by atoms with E-state index in [1.807, 2.05) is 6.07 Å². The summed E-state index contributed by atoms with van der Waals surface area (Å²) in [6.45, 7) is 0.0123. The van der Waals surface area contributed by atoms with E-state index in [0.717, 1.165) is 9.87 Å². The molecule has 7 nitrogen and oxygen atoms in total. The van der Waals surface area contributed by atoms with Crippen molar-refractivity contribution in [1.82, 2.24) is 5.32 Å². The van der Waals surface area contributed by atoms with Gasteiger partial charge in [0.2, 0.25) is 12.7 Å². The summed E-state index contributed by atoms with van der Waals surface area (Å²) in [4.78, 5) is 12.7. The van der Waals surface area contributed by atoms with E-state index in [9.17, 15) is 13.2 Å². The Labute approximate surface area is 185 Å². The third kappa shape index (κ3) is 4.76. The van der Waals surface area contributed by atoms with Gasteiger partial charge in [0.25, 0.3) is 10.0 Å². The lowest BCUT2D eigenvalue weighted by atomic mass is 10.2. The number of carbonyl (C=O) groups is 1. The van der Waals surface area contributed by atoms with Crippen molar-refractivity contribution in [3.8, 4) is 11.5 Å². The summed E-state index contributed by atoms with van der Waals surface area (Å²) in [6, 6.07) is 19.7. The second-order valence-electron chi connectivity index (χ2n) is 6.77. The maximum atomic E-state index is 13.3. The minimum Gasteiger partial charge on any atom is -0.454 e. The maximum Gasteiger partial charge on any atom is 0.264 e. The first-order chi connectivity index (χ1) is 14.9. The van der Waals surface area contributed by atoms with Crippen molar-refractivity contribution in [2.24, 2.45) is 0 Å². The van der Waals surface area contributed by atoms with Crippen LogP contribution in [-0.4, -0.2) is 27.7 Å². The average Bonchev–Trinajstić information content (AvgIpc) is 3.25.